The third kappa shape index (κ3) is 3.26. The number of anilines is 1. The van der Waals surface area contributed by atoms with Gasteiger partial charge in [0, 0.05) is 17.2 Å². The highest BCUT2D eigenvalue weighted by molar-refractivity contribution is 5.96. The zero-order valence-electron chi connectivity index (χ0n) is 15.7. The highest BCUT2D eigenvalue weighted by atomic mass is 16.1. The summed E-state index contributed by atoms with van der Waals surface area (Å²) in [5.41, 5.74) is 3.85. The standard InChI is InChI=1S/C24H23N3O/c28-24(17-6-2-1-3-7-17)25-20-12-10-16(11-13-20)23-26-21-14-18-8-4-5-9-19(18)15-22(21)27-23/h4-5,8-15,17H,1-3,6-7H2,(H,25,28)(H,26,27). The van der Waals surface area contributed by atoms with Crippen molar-refractivity contribution in [1.29, 1.82) is 0 Å². The Bertz CT molecular complexity index is 1090. The second-order valence-electron chi connectivity index (χ2n) is 7.70. The summed E-state index contributed by atoms with van der Waals surface area (Å²) in [7, 11) is 0. The average molecular weight is 369 g/mol. The molecule has 4 aromatic rings. The normalized spacial score (nSPS) is 15.1. The predicted octanol–water partition coefficient (Wildman–Crippen LogP) is 5.90. The maximum Gasteiger partial charge on any atom is 0.227 e. The number of aromatic amines is 1. The topological polar surface area (TPSA) is 57.8 Å². The van der Waals surface area contributed by atoms with Gasteiger partial charge in [-0.25, -0.2) is 4.98 Å². The van der Waals surface area contributed by atoms with Gasteiger partial charge in [0.25, 0.3) is 0 Å². The Morgan fingerprint density at radius 2 is 1.64 bits per heavy atom. The van der Waals surface area contributed by atoms with Crippen molar-refractivity contribution in [3.05, 3.63) is 60.7 Å². The molecule has 2 N–H and O–H groups in total. The van der Waals surface area contributed by atoms with Crippen molar-refractivity contribution < 1.29 is 4.79 Å². The van der Waals surface area contributed by atoms with Crippen LogP contribution < -0.4 is 5.32 Å². The Balaban J connectivity index is 1.37. The van der Waals surface area contributed by atoms with Gasteiger partial charge in [0.15, 0.2) is 0 Å². The van der Waals surface area contributed by atoms with Crippen LogP contribution in [0.5, 0.6) is 0 Å². The minimum Gasteiger partial charge on any atom is -0.338 e. The molecule has 28 heavy (non-hydrogen) atoms. The number of hydrogen-bond donors (Lipinski definition) is 2. The molecule has 0 aliphatic heterocycles. The number of nitrogens with one attached hydrogen (secondary N) is 2. The highest BCUT2D eigenvalue weighted by Gasteiger charge is 2.21. The first-order chi connectivity index (χ1) is 13.8. The molecule has 1 heterocycles. The first-order valence-electron chi connectivity index (χ1n) is 10.1. The van der Waals surface area contributed by atoms with E-state index in [1.807, 2.05) is 36.4 Å². The van der Waals surface area contributed by atoms with Gasteiger partial charge < -0.3 is 10.3 Å². The summed E-state index contributed by atoms with van der Waals surface area (Å²) >= 11 is 0. The molecular formula is C24H23N3O. The Morgan fingerprint density at radius 1 is 0.929 bits per heavy atom. The van der Waals surface area contributed by atoms with E-state index in [1.165, 1.54) is 17.2 Å². The Kier molecular flexibility index (Phi) is 4.32. The molecule has 4 nitrogen and oxygen atoms in total. The molecule has 1 aliphatic rings. The second-order valence-corrected chi connectivity index (χ2v) is 7.70. The first kappa shape index (κ1) is 17.0. The minimum absolute atomic E-state index is 0.155. The van der Waals surface area contributed by atoms with Gasteiger partial charge in [-0.05, 0) is 60.0 Å². The van der Waals surface area contributed by atoms with Crippen LogP contribution in [0.1, 0.15) is 32.1 Å². The summed E-state index contributed by atoms with van der Waals surface area (Å²) in [4.78, 5) is 20.6. The second kappa shape index (κ2) is 7.12. The van der Waals surface area contributed by atoms with E-state index in [9.17, 15) is 4.79 Å². The van der Waals surface area contributed by atoms with Crippen molar-refractivity contribution in [2.75, 3.05) is 5.32 Å². The van der Waals surface area contributed by atoms with Crippen LogP contribution in [0.25, 0.3) is 33.2 Å². The fraction of sp³-hybridized carbons (Fsp3) is 0.250. The molecule has 0 atom stereocenters. The average Bonchev–Trinajstić information content (AvgIpc) is 3.16. The van der Waals surface area contributed by atoms with Gasteiger partial charge in [0.05, 0.1) is 11.0 Å². The van der Waals surface area contributed by atoms with Gasteiger partial charge in [0.2, 0.25) is 5.91 Å². The number of amides is 1. The third-order valence-corrected chi connectivity index (χ3v) is 5.75. The van der Waals surface area contributed by atoms with E-state index >= 15 is 0 Å². The Hall–Kier alpha value is -3.14. The maximum absolute atomic E-state index is 12.4. The van der Waals surface area contributed by atoms with Crippen LogP contribution in [-0.4, -0.2) is 15.9 Å². The SMILES string of the molecule is O=C(Nc1ccc(-c2nc3cc4ccccc4cc3[nH]2)cc1)C1CCCCC1. The largest absolute Gasteiger partial charge is 0.338 e. The zero-order valence-corrected chi connectivity index (χ0v) is 15.7. The fourth-order valence-corrected chi connectivity index (χ4v) is 4.15. The smallest absolute Gasteiger partial charge is 0.227 e. The molecule has 1 saturated carbocycles. The van der Waals surface area contributed by atoms with Crippen LogP contribution in [0.4, 0.5) is 5.69 Å². The van der Waals surface area contributed by atoms with Crippen molar-refractivity contribution in [1.82, 2.24) is 9.97 Å². The third-order valence-electron chi connectivity index (χ3n) is 5.75. The number of benzene rings is 3. The number of fused-ring (bicyclic) bond motifs is 2. The molecule has 140 valence electrons. The van der Waals surface area contributed by atoms with Gasteiger partial charge >= 0.3 is 0 Å². The molecule has 0 unspecified atom stereocenters. The number of imidazole rings is 1. The number of H-pyrrole nitrogens is 1. The Morgan fingerprint density at radius 3 is 2.39 bits per heavy atom. The molecule has 0 spiro atoms. The molecule has 4 heteroatoms. The lowest BCUT2D eigenvalue weighted by Gasteiger charge is -2.20. The van der Waals surface area contributed by atoms with Crippen molar-refractivity contribution in [2.24, 2.45) is 5.92 Å². The summed E-state index contributed by atoms with van der Waals surface area (Å²) in [6.07, 6.45) is 5.61. The fourth-order valence-electron chi connectivity index (χ4n) is 4.15. The zero-order chi connectivity index (χ0) is 18.9. The van der Waals surface area contributed by atoms with E-state index in [2.05, 4.69) is 34.6 Å². The van der Waals surface area contributed by atoms with Gasteiger partial charge in [-0.3, -0.25) is 4.79 Å². The number of hydrogen-bond acceptors (Lipinski definition) is 2. The number of rotatable bonds is 3. The molecule has 3 aromatic carbocycles. The van der Waals surface area contributed by atoms with E-state index in [1.54, 1.807) is 0 Å². The van der Waals surface area contributed by atoms with Crippen molar-refractivity contribution >= 4 is 33.4 Å². The van der Waals surface area contributed by atoms with E-state index in [4.69, 9.17) is 4.98 Å². The van der Waals surface area contributed by atoms with Gasteiger partial charge in [-0.1, -0.05) is 43.5 Å². The molecule has 0 radical (unpaired) electrons. The lowest BCUT2D eigenvalue weighted by atomic mass is 9.88. The van der Waals surface area contributed by atoms with Crippen LogP contribution in [-0.2, 0) is 4.79 Å². The van der Waals surface area contributed by atoms with Crippen molar-refractivity contribution in [3.63, 3.8) is 0 Å². The summed E-state index contributed by atoms with van der Waals surface area (Å²) in [5.74, 6) is 1.16. The molecule has 1 fully saturated rings. The lowest BCUT2D eigenvalue weighted by Crippen LogP contribution is -2.24. The summed E-state index contributed by atoms with van der Waals surface area (Å²) < 4.78 is 0. The summed E-state index contributed by atoms with van der Waals surface area (Å²) in [6.45, 7) is 0. The van der Waals surface area contributed by atoms with Crippen molar-refractivity contribution in [3.8, 4) is 11.4 Å². The predicted molar refractivity (Wildman–Crippen MR) is 114 cm³/mol. The van der Waals surface area contributed by atoms with E-state index in [0.717, 1.165) is 53.8 Å². The van der Waals surface area contributed by atoms with Gasteiger partial charge in [-0.15, -0.1) is 0 Å². The van der Waals surface area contributed by atoms with E-state index in [-0.39, 0.29) is 11.8 Å². The molecule has 1 amide bonds. The van der Waals surface area contributed by atoms with Crippen LogP contribution >= 0.6 is 0 Å². The highest BCUT2D eigenvalue weighted by Crippen LogP contribution is 2.27. The summed E-state index contributed by atoms with van der Waals surface area (Å²) in [5, 5.41) is 5.46. The van der Waals surface area contributed by atoms with Gasteiger partial charge in [-0.2, -0.15) is 0 Å². The number of aromatic nitrogens is 2. The quantitative estimate of drug-likeness (QED) is 0.472. The van der Waals surface area contributed by atoms with E-state index in [0.29, 0.717) is 0 Å². The number of nitrogens with zero attached hydrogens (tertiary/aromatic N) is 1. The molecule has 1 aliphatic carbocycles. The van der Waals surface area contributed by atoms with E-state index < -0.39 is 0 Å². The van der Waals surface area contributed by atoms with Crippen LogP contribution in [0.3, 0.4) is 0 Å². The summed E-state index contributed by atoms with van der Waals surface area (Å²) in [6, 6.07) is 20.5. The maximum atomic E-state index is 12.4. The first-order valence-corrected chi connectivity index (χ1v) is 10.1. The molecule has 5 rings (SSSR count). The molecule has 0 saturated heterocycles. The molecular weight excluding hydrogens is 346 g/mol. The van der Waals surface area contributed by atoms with Crippen LogP contribution in [0.15, 0.2) is 60.7 Å². The van der Waals surface area contributed by atoms with Crippen molar-refractivity contribution in [2.45, 2.75) is 32.1 Å². The molecule has 0 bridgehead atoms. The number of carbonyl (C=O) groups is 1. The monoisotopic (exact) mass is 369 g/mol. The number of carbonyl (C=O) groups excluding carboxylic acids is 1. The minimum atomic E-state index is 0.155. The lowest BCUT2D eigenvalue weighted by molar-refractivity contribution is -0.120. The van der Waals surface area contributed by atoms with Crippen LogP contribution in [0.2, 0.25) is 0 Å². The van der Waals surface area contributed by atoms with Gasteiger partial charge in [0.1, 0.15) is 5.82 Å². The molecule has 1 aromatic heterocycles. The Labute approximate surface area is 164 Å². The van der Waals surface area contributed by atoms with Crippen LogP contribution in [0, 0.1) is 5.92 Å².